The van der Waals surface area contributed by atoms with Crippen LogP contribution in [0.1, 0.15) is 12.0 Å². The average Bonchev–Trinajstić information content (AvgIpc) is 2.46. The molecule has 18 heavy (non-hydrogen) atoms. The Morgan fingerprint density at radius 1 is 1.33 bits per heavy atom. The molecule has 0 spiro atoms. The summed E-state index contributed by atoms with van der Waals surface area (Å²) >= 11 is 0. The maximum Gasteiger partial charge on any atom is 0.260 e. The number of hydrogen-bond donors (Lipinski definition) is 0. The SMILES string of the molecule is N#Cc1ccc(OCC(=O)N2CC=CCC2)cc1. The van der Waals surface area contributed by atoms with E-state index in [0.717, 1.165) is 13.0 Å². The second kappa shape index (κ2) is 5.87. The molecule has 1 aliphatic heterocycles. The molecule has 0 unspecified atom stereocenters. The van der Waals surface area contributed by atoms with E-state index in [9.17, 15) is 4.79 Å². The van der Waals surface area contributed by atoms with Crippen molar-refractivity contribution in [3.8, 4) is 11.8 Å². The molecule has 0 aromatic heterocycles. The minimum Gasteiger partial charge on any atom is -0.484 e. The summed E-state index contributed by atoms with van der Waals surface area (Å²) in [7, 11) is 0. The summed E-state index contributed by atoms with van der Waals surface area (Å²) in [6.07, 6.45) is 4.97. The summed E-state index contributed by atoms with van der Waals surface area (Å²) in [4.78, 5) is 13.6. The number of nitriles is 1. The van der Waals surface area contributed by atoms with Gasteiger partial charge in [-0.05, 0) is 30.7 Å². The number of nitrogens with zero attached hydrogens (tertiary/aromatic N) is 2. The Bertz CT molecular complexity index is 486. The standard InChI is InChI=1S/C14H14N2O2/c15-10-12-4-6-13(7-5-12)18-11-14(17)16-8-2-1-3-9-16/h1-2,4-7H,3,8-9,11H2. The van der Waals surface area contributed by atoms with Gasteiger partial charge in [0.1, 0.15) is 5.75 Å². The van der Waals surface area contributed by atoms with E-state index < -0.39 is 0 Å². The van der Waals surface area contributed by atoms with Crippen LogP contribution >= 0.6 is 0 Å². The van der Waals surface area contributed by atoms with E-state index in [-0.39, 0.29) is 12.5 Å². The van der Waals surface area contributed by atoms with Gasteiger partial charge in [0.15, 0.2) is 6.61 Å². The zero-order chi connectivity index (χ0) is 12.8. The minimum atomic E-state index is -0.0105. The van der Waals surface area contributed by atoms with Gasteiger partial charge in [0, 0.05) is 13.1 Å². The van der Waals surface area contributed by atoms with Crippen LogP contribution in [0, 0.1) is 11.3 Å². The molecule has 0 atom stereocenters. The third-order valence-corrected chi connectivity index (χ3v) is 2.76. The lowest BCUT2D eigenvalue weighted by molar-refractivity contribution is -0.133. The fourth-order valence-electron chi connectivity index (χ4n) is 1.73. The van der Waals surface area contributed by atoms with E-state index in [0.29, 0.717) is 17.9 Å². The van der Waals surface area contributed by atoms with E-state index in [1.54, 1.807) is 29.2 Å². The zero-order valence-corrected chi connectivity index (χ0v) is 10.0. The molecule has 0 aliphatic carbocycles. The normalized spacial score (nSPS) is 14.1. The van der Waals surface area contributed by atoms with Crippen molar-refractivity contribution in [2.24, 2.45) is 0 Å². The van der Waals surface area contributed by atoms with Crippen LogP contribution in [0.2, 0.25) is 0 Å². The van der Waals surface area contributed by atoms with Crippen molar-refractivity contribution in [1.82, 2.24) is 4.90 Å². The highest BCUT2D eigenvalue weighted by atomic mass is 16.5. The van der Waals surface area contributed by atoms with Crippen LogP contribution in [0.4, 0.5) is 0 Å². The molecule has 1 aliphatic rings. The quantitative estimate of drug-likeness (QED) is 0.758. The first-order chi connectivity index (χ1) is 8.79. The van der Waals surface area contributed by atoms with Crippen LogP contribution in [0.5, 0.6) is 5.75 Å². The number of benzene rings is 1. The fraction of sp³-hybridized carbons (Fsp3) is 0.286. The molecule has 1 amide bonds. The summed E-state index contributed by atoms with van der Waals surface area (Å²) in [6, 6.07) is 8.77. The Labute approximate surface area is 106 Å². The van der Waals surface area contributed by atoms with Crippen molar-refractivity contribution >= 4 is 5.91 Å². The molecule has 1 aromatic rings. The number of carbonyl (C=O) groups is 1. The van der Waals surface area contributed by atoms with Crippen molar-refractivity contribution in [2.75, 3.05) is 19.7 Å². The van der Waals surface area contributed by atoms with Gasteiger partial charge in [0.05, 0.1) is 11.6 Å². The highest BCUT2D eigenvalue weighted by Crippen LogP contribution is 2.12. The number of amides is 1. The maximum atomic E-state index is 11.8. The van der Waals surface area contributed by atoms with Crippen molar-refractivity contribution in [3.05, 3.63) is 42.0 Å². The van der Waals surface area contributed by atoms with Gasteiger partial charge in [0.25, 0.3) is 5.91 Å². The van der Waals surface area contributed by atoms with E-state index in [1.807, 2.05) is 12.1 Å². The first kappa shape index (κ1) is 12.2. The second-order valence-corrected chi connectivity index (χ2v) is 4.02. The average molecular weight is 242 g/mol. The lowest BCUT2D eigenvalue weighted by Crippen LogP contribution is -2.37. The predicted molar refractivity (Wildman–Crippen MR) is 67.0 cm³/mol. The van der Waals surface area contributed by atoms with Crippen LogP contribution in [-0.4, -0.2) is 30.5 Å². The first-order valence-corrected chi connectivity index (χ1v) is 5.85. The number of carbonyl (C=O) groups excluding carboxylic acids is 1. The third kappa shape index (κ3) is 3.11. The van der Waals surface area contributed by atoms with Gasteiger partial charge < -0.3 is 9.64 Å². The maximum absolute atomic E-state index is 11.8. The van der Waals surface area contributed by atoms with Gasteiger partial charge in [0.2, 0.25) is 0 Å². The van der Waals surface area contributed by atoms with Crippen LogP contribution in [0.3, 0.4) is 0 Å². The van der Waals surface area contributed by atoms with Gasteiger partial charge in [-0.2, -0.15) is 5.26 Å². The van der Waals surface area contributed by atoms with Gasteiger partial charge in [-0.3, -0.25) is 4.79 Å². The summed E-state index contributed by atoms with van der Waals surface area (Å²) in [5, 5.41) is 8.66. The molecule has 1 aromatic carbocycles. The third-order valence-electron chi connectivity index (χ3n) is 2.76. The highest BCUT2D eigenvalue weighted by molar-refractivity contribution is 5.78. The Morgan fingerprint density at radius 3 is 2.72 bits per heavy atom. The van der Waals surface area contributed by atoms with Crippen molar-refractivity contribution in [2.45, 2.75) is 6.42 Å². The van der Waals surface area contributed by atoms with E-state index in [4.69, 9.17) is 10.00 Å². The lowest BCUT2D eigenvalue weighted by atomic mass is 10.2. The van der Waals surface area contributed by atoms with Gasteiger partial charge in [-0.15, -0.1) is 0 Å². The van der Waals surface area contributed by atoms with Crippen LogP contribution in [0.25, 0.3) is 0 Å². The largest absolute Gasteiger partial charge is 0.484 e. The molecule has 0 radical (unpaired) electrons. The van der Waals surface area contributed by atoms with Crippen molar-refractivity contribution < 1.29 is 9.53 Å². The summed E-state index contributed by atoms with van der Waals surface area (Å²) in [5.41, 5.74) is 0.579. The molecule has 92 valence electrons. The van der Waals surface area contributed by atoms with Gasteiger partial charge in [-0.25, -0.2) is 0 Å². The second-order valence-electron chi connectivity index (χ2n) is 4.02. The molecule has 2 rings (SSSR count). The minimum absolute atomic E-state index is 0.0105. The number of hydrogen-bond acceptors (Lipinski definition) is 3. The molecular formula is C14H14N2O2. The Morgan fingerprint density at radius 2 is 2.11 bits per heavy atom. The van der Waals surface area contributed by atoms with E-state index in [2.05, 4.69) is 6.08 Å². The molecule has 0 N–H and O–H groups in total. The molecule has 0 fully saturated rings. The molecule has 4 heteroatoms. The van der Waals surface area contributed by atoms with Crippen molar-refractivity contribution in [1.29, 1.82) is 5.26 Å². The van der Waals surface area contributed by atoms with E-state index in [1.165, 1.54) is 0 Å². The number of rotatable bonds is 3. The van der Waals surface area contributed by atoms with Gasteiger partial charge >= 0.3 is 0 Å². The lowest BCUT2D eigenvalue weighted by Gasteiger charge is -2.23. The van der Waals surface area contributed by atoms with Crippen LogP contribution in [0.15, 0.2) is 36.4 Å². The molecule has 1 heterocycles. The molecule has 0 saturated carbocycles. The summed E-state index contributed by atoms with van der Waals surface area (Å²) < 4.78 is 5.40. The molecule has 0 saturated heterocycles. The molecule has 0 bridgehead atoms. The Hall–Kier alpha value is -2.28. The van der Waals surface area contributed by atoms with Crippen LogP contribution in [-0.2, 0) is 4.79 Å². The summed E-state index contributed by atoms with van der Waals surface area (Å²) in [5.74, 6) is 0.596. The van der Waals surface area contributed by atoms with E-state index >= 15 is 0 Å². The Kier molecular flexibility index (Phi) is 3.98. The topological polar surface area (TPSA) is 53.3 Å². The zero-order valence-electron chi connectivity index (χ0n) is 10.0. The first-order valence-electron chi connectivity index (χ1n) is 5.85. The van der Waals surface area contributed by atoms with Crippen molar-refractivity contribution in [3.63, 3.8) is 0 Å². The van der Waals surface area contributed by atoms with Crippen LogP contribution < -0.4 is 4.74 Å². The molecule has 4 nitrogen and oxygen atoms in total. The Balaban J connectivity index is 1.85. The predicted octanol–water partition coefficient (Wildman–Crippen LogP) is 1.73. The summed E-state index contributed by atoms with van der Waals surface area (Å²) in [6.45, 7) is 1.46. The highest BCUT2D eigenvalue weighted by Gasteiger charge is 2.14. The number of ether oxygens (including phenoxy) is 1. The van der Waals surface area contributed by atoms with Gasteiger partial charge in [-0.1, -0.05) is 12.2 Å². The molecular weight excluding hydrogens is 228 g/mol. The smallest absolute Gasteiger partial charge is 0.260 e. The fourth-order valence-corrected chi connectivity index (χ4v) is 1.73. The monoisotopic (exact) mass is 242 g/mol.